The molecule has 0 saturated carbocycles. The summed E-state index contributed by atoms with van der Waals surface area (Å²) >= 11 is 8.82. The second-order valence-corrected chi connectivity index (χ2v) is 9.60. The van der Waals surface area contributed by atoms with Gasteiger partial charge >= 0.3 is 0 Å². The predicted molar refractivity (Wildman–Crippen MR) is 122 cm³/mol. The largest absolute Gasteiger partial charge is 0.348 e. The van der Waals surface area contributed by atoms with Crippen molar-refractivity contribution >= 4 is 51.8 Å². The van der Waals surface area contributed by atoms with Gasteiger partial charge in [-0.15, -0.1) is 21.5 Å². The molecule has 2 heterocycles. The Balaban J connectivity index is 1.47. The number of nitrogens with one attached hydrogen (secondary N) is 2. The molecular formula is C21H23ClN4O2S2. The quantitative estimate of drug-likeness (QED) is 0.449. The summed E-state index contributed by atoms with van der Waals surface area (Å²) in [5.74, 6) is 0.0105. The number of hydrogen-bond donors (Lipinski definition) is 2. The van der Waals surface area contributed by atoms with Gasteiger partial charge in [-0.3, -0.25) is 9.59 Å². The van der Waals surface area contributed by atoms with E-state index in [-0.39, 0.29) is 22.9 Å². The van der Waals surface area contributed by atoms with Gasteiger partial charge in [0.2, 0.25) is 10.9 Å². The number of rotatable bonds is 9. The molecule has 0 aliphatic carbocycles. The highest BCUT2D eigenvalue weighted by Crippen LogP contribution is 2.26. The summed E-state index contributed by atoms with van der Waals surface area (Å²) in [7, 11) is 0. The summed E-state index contributed by atoms with van der Waals surface area (Å²) in [4.78, 5) is 25.8. The van der Waals surface area contributed by atoms with Gasteiger partial charge < -0.3 is 10.6 Å². The van der Waals surface area contributed by atoms with Crippen LogP contribution in [0.1, 0.15) is 52.4 Å². The van der Waals surface area contributed by atoms with Crippen LogP contribution in [0.15, 0.2) is 41.8 Å². The number of amides is 2. The number of aromatic nitrogens is 2. The van der Waals surface area contributed by atoms with Crippen LogP contribution in [0.25, 0.3) is 0 Å². The Kier molecular flexibility index (Phi) is 7.95. The van der Waals surface area contributed by atoms with Crippen LogP contribution in [0.3, 0.4) is 0 Å². The van der Waals surface area contributed by atoms with Gasteiger partial charge in [0.25, 0.3) is 5.91 Å². The Morgan fingerprint density at radius 3 is 2.70 bits per heavy atom. The molecule has 6 nitrogen and oxygen atoms in total. The molecule has 3 rings (SSSR count). The van der Waals surface area contributed by atoms with E-state index >= 15 is 0 Å². The van der Waals surface area contributed by atoms with Crippen LogP contribution in [0, 0.1) is 5.92 Å². The van der Waals surface area contributed by atoms with Crippen molar-refractivity contribution in [2.45, 2.75) is 39.2 Å². The first-order chi connectivity index (χ1) is 14.4. The summed E-state index contributed by atoms with van der Waals surface area (Å²) in [6, 6.07) is 11.0. The normalized spacial score (nSPS) is 12.0. The Labute approximate surface area is 188 Å². The lowest BCUT2D eigenvalue weighted by atomic mass is 10.0. The number of carbonyl (C=O) groups excluding carboxylic acids is 2. The van der Waals surface area contributed by atoms with Crippen molar-refractivity contribution < 1.29 is 9.59 Å². The van der Waals surface area contributed by atoms with Crippen molar-refractivity contribution in [1.29, 1.82) is 0 Å². The van der Waals surface area contributed by atoms with Crippen LogP contribution >= 0.6 is 34.3 Å². The average molecular weight is 463 g/mol. The van der Waals surface area contributed by atoms with E-state index in [4.69, 9.17) is 11.6 Å². The molecule has 158 valence electrons. The number of thiophene rings is 1. The molecule has 1 aromatic carbocycles. The fourth-order valence-electron chi connectivity index (χ4n) is 2.88. The predicted octanol–water partition coefficient (Wildman–Crippen LogP) is 5.34. The maximum Gasteiger partial charge on any atom is 0.286 e. The minimum absolute atomic E-state index is 0.0190. The second kappa shape index (κ2) is 10.7. The van der Waals surface area contributed by atoms with Crippen molar-refractivity contribution in [2.75, 3.05) is 5.32 Å². The highest BCUT2D eigenvalue weighted by molar-refractivity contribution is 7.13. The summed E-state index contributed by atoms with van der Waals surface area (Å²) in [5, 5.41) is 17.5. The van der Waals surface area contributed by atoms with Crippen LogP contribution in [0.2, 0.25) is 5.02 Å². The van der Waals surface area contributed by atoms with Crippen molar-refractivity contribution in [3.05, 3.63) is 61.7 Å². The number of nitrogens with zero attached hydrogens (tertiary/aromatic N) is 2. The maximum atomic E-state index is 12.4. The number of anilines is 1. The molecule has 0 aliphatic heterocycles. The fourth-order valence-corrected chi connectivity index (χ4v) is 4.79. The van der Waals surface area contributed by atoms with E-state index < -0.39 is 0 Å². The molecule has 0 radical (unpaired) electrons. The fraction of sp³-hybridized carbons (Fsp3) is 0.333. The Morgan fingerprint density at radius 1 is 1.17 bits per heavy atom. The molecule has 2 amide bonds. The topological polar surface area (TPSA) is 84.0 Å². The molecule has 2 aromatic heterocycles. The number of halogens is 1. The summed E-state index contributed by atoms with van der Waals surface area (Å²) in [5.41, 5.74) is 0.603. The first-order valence-electron chi connectivity index (χ1n) is 9.64. The van der Waals surface area contributed by atoms with E-state index in [1.165, 1.54) is 11.3 Å². The molecule has 0 spiro atoms. The Morgan fingerprint density at radius 2 is 2.00 bits per heavy atom. The molecule has 3 aromatic rings. The molecule has 0 bridgehead atoms. The van der Waals surface area contributed by atoms with Crippen molar-refractivity contribution in [3.63, 3.8) is 0 Å². The second-order valence-electron chi connectivity index (χ2n) is 7.12. The van der Waals surface area contributed by atoms with Crippen LogP contribution in [-0.4, -0.2) is 22.0 Å². The van der Waals surface area contributed by atoms with E-state index in [9.17, 15) is 9.59 Å². The highest BCUT2D eigenvalue weighted by Gasteiger charge is 2.19. The minimum atomic E-state index is -0.325. The van der Waals surface area contributed by atoms with Crippen LogP contribution in [0.5, 0.6) is 0 Å². The van der Waals surface area contributed by atoms with Gasteiger partial charge in [-0.05, 0) is 42.0 Å². The summed E-state index contributed by atoms with van der Waals surface area (Å²) in [6.45, 7) is 4.20. The summed E-state index contributed by atoms with van der Waals surface area (Å²) in [6.07, 6.45) is 1.64. The smallest absolute Gasteiger partial charge is 0.286 e. The van der Waals surface area contributed by atoms with Gasteiger partial charge in [-0.2, -0.15) is 0 Å². The maximum absolute atomic E-state index is 12.4. The van der Waals surface area contributed by atoms with E-state index in [0.717, 1.165) is 9.88 Å². The third-order valence-corrected chi connectivity index (χ3v) is 6.54. The first-order valence-corrected chi connectivity index (χ1v) is 11.7. The van der Waals surface area contributed by atoms with E-state index in [0.29, 0.717) is 35.9 Å². The molecule has 0 fully saturated rings. The van der Waals surface area contributed by atoms with Crippen molar-refractivity contribution in [2.24, 2.45) is 5.92 Å². The monoisotopic (exact) mass is 462 g/mol. The zero-order chi connectivity index (χ0) is 21.5. The van der Waals surface area contributed by atoms with Crippen LogP contribution in [0.4, 0.5) is 5.69 Å². The number of benzene rings is 1. The van der Waals surface area contributed by atoms with Gasteiger partial charge in [-0.1, -0.05) is 48.9 Å². The summed E-state index contributed by atoms with van der Waals surface area (Å²) < 4.78 is 0. The third-order valence-electron chi connectivity index (χ3n) is 4.37. The SMILES string of the molecule is CC(C)[C@H](NC(=O)CCCc1nnc(C(=O)Nc2cccc(Cl)c2)s1)c1cccs1. The molecule has 2 N–H and O–H groups in total. The number of carbonyl (C=O) groups is 2. The standard InChI is InChI=1S/C21H23ClN4O2S2/c1-13(2)19(16-8-5-11-29-16)24-17(27)9-4-10-18-25-26-21(30-18)20(28)23-15-7-3-6-14(22)12-15/h3,5-8,11-13,19H,4,9-10H2,1-2H3,(H,23,28)(H,24,27)/t19-/m0/s1. The molecule has 0 aliphatic rings. The lowest BCUT2D eigenvalue weighted by Crippen LogP contribution is -2.31. The Hall–Kier alpha value is -2.29. The van der Waals surface area contributed by atoms with Crippen molar-refractivity contribution in [3.8, 4) is 0 Å². The van der Waals surface area contributed by atoms with Gasteiger partial charge in [0, 0.05) is 28.4 Å². The molecule has 30 heavy (non-hydrogen) atoms. The zero-order valence-electron chi connectivity index (χ0n) is 16.7. The van der Waals surface area contributed by atoms with E-state index in [1.807, 2.05) is 17.5 Å². The molecular weight excluding hydrogens is 440 g/mol. The van der Waals surface area contributed by atoms with E-state index in [1.54, 1.807) is 35.6 Å². The molecule has 0 saturated heterocycles. The Bertz CT molecular complexity index is 989. The molecule has 0 unspecified atom stereocenters. The molecule has 9 heteroatoms. The van der Waals surface area contributed by atoms with Gasteiger partial charge in [0.1, 0.15) is 5.01 Å². The average Bonchev–Trinajstić information content (AvgIpc) is 3.38. The van der Waals surface area contributed by atoms with Crippen molar-refractivity contribution in [1.82, 2.24) is 15.5 Å². The van der Waals surface area contributed by atoms with Gasteiger partial charge in [0.15, 0.2) is 0 Å². The zero-order valence-corrected chi connectivity index (χ0v) is 19.1. The highest BCUT2D eigenvalue weighted by atomic mass is 35.5. The lowest BCUT2D eigenvalue weighted by molar-refractivity contribution is -0.122. The van der Waals surface area contributed by atoms with Crippen LogP contribution in [-0.2, 0) is 11.2 Å². The first kappa shape index (κ1) is 22.4. The number of hydrogen-bond acceptors (Lipinski definition) is 6. The van der Waals surface area contributed by atoms with Crippen LogP contribution < -0.4 is 10.6 Å². The van der Waals surface area contributed by atoms with Gasteiger partial charge in [-0.25, -0.2) is 0 Å². The van der Waals surface area contributed by atoms with Gasteiger partial charge in [0.05, 0.1) is 6.04 Å². The minimum Gasteiger partial charge on any atom is -0.348 e. The number of aryl methyl sites for hydroxylation is 1. The molecule has 1 atom stereocenters. The lowest BCUT2D eigenvalue weighted by Gasteiger charge is -2.21. The third kappa shape index (κ3) is 6.35. The van der Waals surface area contributed by atoms with E-state index in [2.05, 4.69) is 34.7 Å².